The molecule has 0 bridgehead atoms. The molecule has 3 atom stereocenters. The van der Waals surface area contributed by atoms with Gasteiger partial charge in [-0.05, 0) is 49.5 Å². The lowest BCUT2D eigenvalue weighted by molar-refractivity contribution is 0.0813. The maximum absolute atomic E-state index is 9.94. The fourth-order valence-electron chi connectivity index (χ4n) is 2.47. The first kappa shape index (κ1) is 8.52. The maximum atomic E-state index is 9.94. The van der Waals surface area contributed by atoms with Gasteiger partial charge in [0, 0.05) is 0 Å². The molecule has 2 fully saturated rings. The van der Waals surface area contributed by atoms with E-state index in [4.69, 9.17) is 5.73 Å². The van der Waals surface area contributed by atoms with E-state index in [0.717, 1.165) is 6.42 Å². The fourth-order valence-corrected chi connectivity index (χ4v) is 2.47. The van der Waals surface area contributed by atoms with Gasteiger partial charge in [0.05, 0.1) is 6.10 Å². The number of rotatable bonds is 4. The molecule has 2 nitrogen and oxygen atoms in total. The van der Waals surface area contributed by atoms with E-state index in [1.807, 2.05) is 0 Å². The van der Waals surface area contributed by atoms with Gasteiger partial charge in [-0.3, -0.25) is 0 Å². The van der Waals surface area contributed by atoms with Gasteiger partial charge in [-0.1, -0.05) is 6.92 Å². The van der Waals surface area contributed by atoms with Crippen molar-refractivity contribution in [2.45, 2.75) is 38.7 Å². The zero-order valence-corrected chi connectivity index (χ0v) is 7.79. The lowest BCUT2D eigenvalue weighted by Crippen LogP contribution is -2.29. The number of nitrogens with two attached hydrogens (primary N) is 1. The highest BCUT2D eigenvalue weighted by Gasteiger charge is 2.65. The van der Waals surface area contributed by atoms with E-state index < -0.39 is 0 Å². The van der Waals surface area contributed by atoms with Crippen molar-refractivity contribution in [3.8, 4) is 0 Å². The van der Waals surface area contributed by atoms with Crippen molar-refractivity contribution < 1.29 is 5.11 Å². The Labute approximate surface area is 74.1 Å². The standard InChI is InChI=1S/C10H19NO/c1-2-7(6-11)9(12)8-5-10(8)3-4-10/h7-9,12H,2-6,11H2,1H3. The fraction of sp³-hybridized carbons (Fsp3) is 1.00. The van der Waals surface area contributed by atoms with Crippen LogP contribution >= 0.6 is 0 Å². The van der Waals surface area contributed by atoms with Crippen molar-refractivity contribution >= 4 is 0 Å². The van der Waals surface area contributed by atoms with Gasteiger partial charge in [-0.2, -0.15) is 0 Å². The van der Waals surface area contributed by atoms with Crippen molar-refractivity contribution in [2.75, 3.05) is 6.54 Å². The molecular formula is C10H19NO. The first-order chi connectivity index (χ1) is 5.73. The second-order valence-corrected chi connectivity index (χ2v) is 4.57. The molecule has 0 aromatic carbocycles. The molecule has 2 aliphatic carbocycles. The molecule has 0 amide bonds. The summed E-state index contributed by atoms with van der Waals surface area (Å²) < 4.78 is 0. The van der Waals surface area contributed by atoms with E-state index in [1.165, 1.54) is 19.3 Å². The molecule has 0 radical (unpaired) electrons. The molecule has 70 valence electrons. The topological polar surface area (TPSA) is 46.2 Å². The minimum atomic E-state index is -0.109. The molecule has 0 saturated heterocycles. The summed E-state index contributed by atoms with van der Waals surface area (Å²) in [6, 6.07) is 0. The Bertz CT molecular complexity index is 171. The molecule has 0 aliphatic heterocycles. The van der Waals surface area contributed by atoms with Crippen LogP contribution in [-0.4, -0.2) is 17.8 Å². The van der Waals surface area contributed by atoms with E-state index in [-0.39, 0.29) is 6.10 Å². The zero-order chi connectivity index (χ0) is 8.77. The monoisotopic (exact) mass is 169 g/mol. The molecule has 3 N–H and O–H groups in total. The third kappa shape index (κ3) is 1.17. The zero-order valence-electron chi connectivity index (χ0n) is 7.79. The first-order valence-electron chi connectivity index (χ1n) is 5.11. The van der Waals surface area contributed by atoms with Crippen molar-refractivity contribution in [3.63, 3.8) is 0 Å². The smallest absolute Gasteiger partial charge is 0.0613 e. The Balaban J connectivity index is 1.87. The van der Waals surface area contributed by atoms with Gasteiger partial charge in [-0.15, -0.1) is 0 Å². The van der Waals surface area contributed by atoms with E-state index >= 15 is 0 Å². The normalized spacial score (nSPS) is 34.8. The minimum Gasteiger partial charge on any atom is -0.392 e. The van der Waals surface area contributed by atoms with Crippen LogP contribution in [0.25, 0.3) is 0 Å². The van der Waals surface area contributed by atoms with Crippen molar-refractivity contribution in [1.29, 1.82) is 0 Å². The van der Waals surface area contributed by atoms with Crippen molar-refractivity contribution in [2.24, 2.45) is 23.0 Å². The van der Waals surface area contributed by atoms with E-state index in [2.05, 4.69) is 6.92 Å². The molecule has 3 unspecified atom stereocenters. The summed E-state index contributed by atoms with van der Waals surface area (Å²) in [7, 11) is 0. The third-order valence-corrected chi connectivity index (χ3v) is 3.87. The van der Waals surface area contributed by atoms with Crippen LogP contribution in [0.4, 0.5) is 0 Å². The SMILES string of the molecule is CCC(CN)C(O)C1CC12CC2. The largest absolute Gasteiger partial charge is 0.392 e. The molecule has 2 aliphatic rings. The highest BCUT2D eigenvalue weighted by atomic mass is 16.3. The lowest BCUT2D eigenvalue weighted by Gasteiger charge is -2.19. The predicted octanol–water partition coefficient (Wildman–Crippen LogP) is 1.13. The van der Waals surface area contributed by atoms with Crippen LogP contribution in [0.2, 0.25) is 0 Å². The second kappa shape index (κ2) is 2.71. The van der Waals surface area contributed by atoms with Gasteiger partial charge in [0.1, 0.15) is 0 Å². The van der Waals surface area contributed by atoms with Gasteiger partial charge in [-0.25, -0.2) is 0 Å². The van der Waals surface area contributed by atoms with Gasteiger partial charge in [0.25, 0.3) is 0 Å². The summed E-state index contributed by atoms with van der Waals surface area (Å²) in [5.41, 5.74) is 6.21. The Morgan fingerprint density at radius 2 is 2.25 bits per heavy atom. The van der Waals surface area contributed by atoms with Crippen LogP contribution in [0.3, 0.4) is 0 Å². The number of hydrogen-bond acceptors (Lipinski definition) is 2. The van der Waals surface area contributed by atoms with Crippen LogP contribution in [0.1, 0.15) is 32.6 Å². The van der Waals surface area contributed by atoms with Crippen molar-refractivity contribution in [3.05, 3.63) is 0 Å². The molecule has 1 spiro atoms. The number of aliphatic hydroxyl groups is 1. The van der Waals surface area contributed by atoms with E-state index in [9.17, 15) is 5.11 Å². The van der Waals surface area contributed by atoms with Gasteiger partial charge in [0.15, 0.2) is 0 Å². The van der Waals surface area contributed by atoms with Crippen LogP contribution in [-0.2, 0) is 0 Å². The Hall–Kier alpha value is -0.0800. The third-order valence-electron chi connectivity index (χ3n) is 3.87. The molecule has 0 aromatic heterocycles. The van der Waals surface area contributed by atoms with E-state index in [0.29, 0.717) is 23.8 Å². The predicted molar refractivity (Wildman–Crippen MR) is 48.6 cm³/mol. The first-order valence-corrected chi connectivity index (χ1v) is 5.11. The van der Waals surface area contributed by atoms with Crippen LogP contribution < -0.4 is 5.73 Å². The summed E-state index contributed by atoms with van der Waals surface area (Å²) in [4.78, 5) is 0. The van der Waals surface area contributed by atoms with Crippen LogP contribution in [0.15, 0.2) is 0 Å². The van der Waals surface area contributed by atoms with Gasteiger partial charge in [0.2, 0.25) is 0 Å². The molecule has 0 aromatic rings. The molecule has 0 heterocycles. The average Bonchev–Trinajstić information content (AvgIpc) is 2.95. The molecule has 12 heavy (non-hydrogen) atoms. The van der Waals surface area contributed by atoms with E-state index in [1.54, 1.807) is 0 Å². The second-order valence-electron chi connectivity index (χ2n) is 4.57. The summed E-state index contributed by atoms with van der Waals surface area (Å²) in [6.07, 6.45) is 4.89. The molecule has 2 rings (SSSR count). The summed E-state index contributed by atoms with van der Waals surface area (Å²) in [5, 5.41) is 9.94. The van der Waals surface area contributed by atoms with Crippen LogP contribution in [0, 0.1) is 17.3 Å². The molecule has 2 saturated carbocycles. The van der Waals surface area contributed by atoms with Crippen molar-refractivity contribution in [1.82, 2.24) is 0 Å². The highest BCUT2D eigenvalue weighted by Crippen LogP contribution is 2.72. The average molecular weight is 169 g/mol. The molecular weight excluding hydrogens is 150 g/mol. The highest BCUT2D eigenvalue weighted by molar-refractivity contribution is 5.15. The Kier molecular flexibility index (Phi) is 1.92. The lowest BCUT2D eigenvalue weighted by atomic mass is 9.95. The quantitative estimate of drug-likeness (QED) is 0.662. The Morgan fingerprint density at radius 1 is 1.58 bits per heavy atom. The number of aliphatic hydroxyl groups excluding tert-OH is 1. The minimum absolute atomic E-state index is 0.109. The van der Waals surface area contributed by atoms with Crippen LogP contribution in [0.5, 0.6) is 0 Å². The van der Waals surface area contributed by atoms with Gasteiger partial charge < -0.3 is 10.8 Å². The Morgan fingerprint density at radius 3 is 2.58 bits per heavy atom. The molecule has 2 heteroatoms. The summed E-state index contributed by atoms with van der Waals surface area (Å²) in [6.45, 7) is 2.76. The number of hydrogen-bond donors (Lipinski definition) is 2. The summed E-state index contributed by atoms with van der Waals surface area (Å²) in [5.74, 6) is 0.945. The van der Waals surface area contributed by atoms with Gasteiger partial charge >= 0.3 is 0 Å². The summed E-state index contributed by atoms with van der Waals surface area (Å²) >= 11 is 0. The maximum Gasteiger partial charge on any atom is 0.0613 e.